The Balaban J connectivity index is 0.000000517. The van der Waals surface area contributed by atoms with Crippen LogP contribution in [0.5, 0.6) is 11.5 Å². The Morgan fingerprint density at radius 3 is 0.927 bits per heavy atom. The Bertz CT molecular complexity index is 1720. The first-order chi connectivity index (χ1) is 26.1. The molecule has 18 heteroatoms. The Morgan fingerprint density at radius 2 is 0.709 bits per heavy atom. The van der Waals surface area contributed by atoms with Gasteiger partial charge in [0.05, 0.1) is 77.7 Å². The Hall–Kier alpha value is -5.96. The van der Waals surface area contributed by atoms with Crippen molar-refractivity contribution in [1.82, 2.24) is 0 Å². The van der Waals surface area contributed by atoms with Crippen LogP contribution in [0.4, 0.5) is 0 Å². The molecule has 0 aliphatic heterocycles. The topological polar surface area (TPSA) is 320 Å². The highest BCUT2D eigenvalue weighted by Crippen LogP contribution is 2.26. The van der Waals surface area contributed by atoms with Crippen molar-refractivity contribution in [2.24, 2.45) is 20.4 Å². The third-order valence-corrected chi connectivity index (χ3v) is 7.43. The summed E-state index contributed by atoms with van der Waals surface area (Å²) in [6.45, 7) is -3.34. The molecule has 0 atom stereocenters. The van der Waals surface area contributed by atoms with E-state index >= 15 is 0 Å². The van der Waals surface area contributed by atoms with Crippen LogP contribution in [0.2, 0.25) is 0 Å². The van der Waals surface area contributed by atoms with E-state index in [2.05, 4.69) is 20.4 Å². The van der Waals surface area contributed by atoms with Crippen molar-refractivity contribution in [1.29, 1.82) is 0 Å². The summed E-state index contributed by atoms with van der Waals surface area (Å²) in [5.41, 5.74) is 3.68. The maximum atomic E-state index is 11.8. The summed E-state index contributed by atoms with van der Waals surface area (Å²) in [4.78, 5) is 37.6. The molecule has 0 saturated heterocycles. The van der Waals surface area contributed by atoms with Gasteiger partial charge in [0.25, 0.3) is 0 Å². The molecular formula is C37H42N4O14. The van der Waals surface area contributed by atoms with Gasteiger partial charge < -0.3 is 51.1 Å². The predicted octanol–water partition coefficient (Wildman–Crippen LogP) is 1.27. The Labute approximate surface area is 314 Å². The number of hydrogen-bond donors (Lipinski definition) is 10. The minimum absolute atomic E-state index is 0. The zero-order chi connectivity index (χ0) is 40.2. The van der Waals surface area contributed by atoms with Gasteiger partial charge in [-0.1, -0.05) is 7.43 Å². The molecule has 4 rings (SSSR count). The normalized spacial score (nSPS) is 14.0. The van der Waals surface area contributed by atoms with Crippen LogP contribution < -0.4 is 0 Å². The highest BCUT2D eigenvalue weighted by molar-refractivity contribution is 6.11. The van der Waals surface area contributed by atoms with Crippen LogP contribution in [0, 0.1) is 9.93 Å². The number of hydrogen-bond acceptors (Lipinski definition) is 18. The van der Waals surface area contributed by atoms with Gasteiger partial charge in [0.15, 0.2) is 11.6 Å². The summed E-state index contributed by atoms with van der Waals surface area (Å²) >= 11 is 0. The minimum atomic E-state index is -0.452. The summed E-state index contributed by atoms with van der Waals surface area (Å²) in [5, 5.41) is 109. The van der Waals surface area contributed by atoms with Gasteiger partial charge >= 0.3 is 0 Å². The first-order valence-corrected chi connectivity index (χ1v) is 15.6. The summed E-state index contributed by atoms with van der Waals surface area (Å²) in [6, 6.07) is 6.06. The standard InChI is InChI=1S/C18H20N2O6.C18H18N2O6.CH4.O2/c2*21-7-13-1-11(2-14(8-22)17(13)25)5-19-20-6-12-3-15(9-23)18(26)16(4-12)10-24;;1-2/h1-6,21-26H,7-10H2;1-6,21-24H,7-10H2;1H4;. The van der Waals surface area contributed by atoms with Gasteiger partial charge in [-0.3, -0.25) is 9.59 Å². The van der Waals surface area contributed by atoms with Crippen molar-refractivity contribution in [3.05, 3.63) is 138 Å². The van der Waals surface area contributed by atoms with Crippen LogP contribution in [-0.2, 0) is 36.0 Å². The minimum Gasteiger partial charge on any atom is -0.507 e. The van der Waals surface area contributed by atoms with Crippen LogP contribution >= 0.6 is 0 Å². The number of phenols is 2. The van der Waals surface area contributed by atoms with E-state index in [0.717, 1.165) is 0 Å². The number of aliphatic hydroxyl groups excluding tert-OH is 8. The number of aromatic hydroxyl groups is 2. The number of ketones is 2. The molecule has 10 N–H and O–H groups in total. The molecule has 2 aliphatic rings. The average Bonchev–Trinajstić information content (AvgIpc) is 3.20. The lowest BCUT2D eigenvalue weighted by Gasteiger charge is -2.12. The molecular weight excluding hydrogens is 724 g/mol. The summed E-state index contributed by atoms with van der Waals surface area (Å²) in [6.07, 6.45) is 11.2. The number of carbonyl (C=O) groups is 2. The van der Waals surface area contributed by atoms with Gasteiger partial charge in [0, 0.05) is 54.5 Å². The number of nitrogens with zero attached hydrogens (tertiary/aromatic N) is 4. The fourth-order valence-corrected chi connectivity index (χ4v) is 4.79. The maximum absolute atomic E-state index is 11.8. The maximum Gasteiger partial charge on any atom is 0.189 e. The fraction of sp³-hybridized carbons (Fsp3) is 0.243. The number of benzene rings is 2. The van der Waals surface area contributed by atoms with Crippen LogP contribution in [0.25, 0.3) is 0 Å². The van der Waals surface area contributed by atoms with E-state index in [4.69, 9.17) is 9.93 Å². The summed E-state index contributed by atoms with van der Waals surface area (Å²) in [7, 11) is 0. The molecule has 2 aliphatic carbocycles. The lowest BCUT2D eigenvalue weighted by Crippen LogP contribution is -2.16. The van der Waals surface area contributed by atoms with E-state index in [9.17, 15) is 60.7 Å². The fourth-order valence-electron chi connectivity index (χ4n) is 4.79. The zero-order valence-electron chi connectivity index (χ0n) is 28.5. The molecule has 0 spiro atoms. The molecule has 0 saturated carbocycles. The first kappa shape index (κ1) is 47.1. The molecule has 0 unspecified atom stereocenters. The molecule has 0 heterocycles. The van der Waals surface area contributed by atoms with E-state index in [-0.39, 0.29) is 89.9 Å². The van der Waals surface area contributed by atoms with Gasteiger partial charge in [-0.05, 0) is 70.8 Å². The van der Waals surface area contributed by atoms with Gasteiger partial charge in [0.2, 0.25) is 0 Å². The monoisotopic (exact) mass is 766 g/mol. The summed E-state index contributed by atoms with van der Waals surface area (Å²) < 4.78 is 0. The molecule has 0 radical (unpaired) electrons. The van der Waals surface area contributed by atoms with Crippen LogP contribution in [0.3, 0.4) is 0 Å². The third-order valence-electron chi connectivity index (χ3n) is 7.43. The quantitative estimate of drug-likeness (QED) is 0.0780. The number of Topliss-reactive ketones (excluding diaryl/α,β-unsaturated/α-hetero) is 2. The highest BCUT2D eigenvalue weighted by Gasteiger charge is 2.20. The number of aliphatic hydroxyl groups is 8. The molecule has 2 aromatic carbocycles. The van der Waals surface area contributed by atoms with Gasteiger partial charge in [-0.2, -0.15) is 20.4 Å². The van der Waals surface area contributed by atoms with Crippen molar-refractivity contribution >= 4 is 24.0 Å². The predicted molar refractivity (Wildman–Crippen MR) is 200 cm³/mol. The van der Waals surface area contributed by atoms with Gasteiger partial charge in [-0.25, -0.2) is 0 Å². The van der Waals surface area contributed by atoms with E-state index in [0.29, 0.717) is 22.3 Å². The van der Waals surface area contributed by atoms with Crippen LogP contribution in [-0.4, -0.2) is 101 Å². The third kappa shape index (κ3) is 13.1. The molecule has 2 aromatic rings. The second kappa shape index (κ2) is 24.4. The molecule has 0 aromatic heterocycles. The van der Waals surface area contributed by atoms with Crippen molar-refractivity contribution < 1.29 is 60.7 Å². The second-order valence-corrected chi connectivity index (χ2v) is 11.0. The molecule has 0 fully saturated rings. The van der Waals surface area contributed by atoms with E-state index in [1.165, 1.54) is 73.4 Å². The van der Waals surface area contributed by atoms with Gasteiger partial charge in [-0.15, -0.1) is 0 Å². The zero-order valence-corrected chi connectivity index (χ0v) is 28.5. The van der Waals surface area contributed by atoms with Crippen molar-refractivity contribution in [3.8, 4) is 11.5 Å². The van der Waals surface area contributed by atoms with Crippen LogP contribution in [0.15, 0.2) is 115 Å². The highest BCUT2D eigenvalue weighted by atomic mass is 16.7. The lowest BCUT2D eigenvalue weighted by atomic mass is 9.95. The average molecular weight is 767 g/mol. The molecule has 294 valence electrons. The molecule has 0 bridgehead atoms. The molecule has 55 heavy (non-hydrogen) atoms. The number of carbonyl (C=O) groups excluding carboxylic acids is 2. The Kier molecular flexibility index (Phi) is 20.9. The van der Waals surface area contributed by atoms with Crippen molar-refractivity contribution in [3.63, 3.8) is 0 Å². The number of allylic oxidation sites excluding steroid dienone is 6. The van der Waals surface area contributed by atoms with Gasteiger partial charge in [0.1, 0.15) is 11.5 Å². The van der Waals surface area contributed by atoms with E-state index < -0.39 is 38.0 Å². The molecule has 0 amide bonds. The second-order valence-electron chi connectivity index (χ2n) is 11.0. The summed E-state index contributed by atoms with van der Waals surface area (Å²) in [5.74, 6) is -1.15. The van der Waals surface area contributed by atoms with E-state index in [1.54, 1.807) is 0 Å². The SMILES string of the molecule is C.O=C1C(CO)=CC(=CN=NC=C2C=C(CO)C(=O)C(CO)=C2)C=C1CO.O=O.OCc1cc(C=NN=Cc2cc(CO)c(O)c(CO)c2)cc(CO)c1O. The van der Waals surface area contributed by atoms with E-state index in [1.807, 2.05) is 0 Å². The lowest BCUT2D eigenvalue weighted by molar-refractivity contribution is -0.113. The van der Waals surface area contributed by atoms with Crippen molar-refractivity contribution in [2.75, 3.05) is 26.4 Å². The molecule has 18 nitrogen and oxygen atoms in total. The van der Waals surface area contributed by atoms with Crippen LogP contribution in [0.1, 0.15) is 40.8 Å². The number of rotatable bonds is 13. The van der Waals surface area contributed by atoms with Crippen molar-refractivity contribution in [2.45, 2.75) is 33.9 Å². The Morgan fingerprint density at radius 1 is 0.455 bits per heavy atom. The first-order valence-electron chi connectivity index (χ1n) is 15.6. The number of azo groups is 1. The largest absolute Gasteiger partial charge is 0.507 e. The smallest absolute Gasteiger partial charge is 0.189 e.